The second-order valence-electron chi connectivity index (χ2n) is 8.28. The van der Waals surface area contributed by atoms with Crippen LogP contribution in [0.1, 0.15) is 54.4 Å². The van der Waals surface area contributed by atoms with Crippen molar-refractivity contribution >= 4 is 0 Å². The summed E-state index contributed by atoms with van der Waals surface area (Å²) in [7, 11) is 1.61. The Hall–Kier alpha value is -3.57. The normalized spacial score (nSPS) is 12.9. The highest BCUT2D eigenvalue weighted by Gasteiger charge is 2.31. The molecule has 0 saturated heterocycles. The van der Waals surface area contributed by atoms with E-state index in [9.17, 15) is 18.3 Å². The number of unbranched alkanes of at least 4 members (excludes halogenated alkanes) is 1. The van der Waals surface area contributed by atoms with E-state index in [-0.39, 0.29) is 0 Å². The van der Waals surface area contributed by atoms with Crippen molar-refractivity contribution < 1.29 is 27.8 Å². The van der Waals surface area contributed by atoms with E-state index in [1.54, 1.807) is 27.0 Å². The quantitative estimate of drug-likeness (QED) is 0.322. The molecule has 0 amide bonds. The number of alkyl halides is 3. The van der Waals surface area contributed by atoms with Crippen molar-refractivity contribution in [3.05, 3.63) is 82.8 Å². The summed E-state index contributed by atoms with van der Waals surface area (Å²) in [4.78, 5) is 8.60. The minimum absolute atomic E-state index is 0.340. The molecule has 1 aromatic heterocycles. The zero-order chi connectivity index (χ0) is 25.5. The van der Waals surface area contributed by atoms with Crippen LogP contribution in [0.2, 0.25) is 0 Å². The lowest BCUT2D eigenvalue weighted by Crippen LogP contribution is -2.21. The fourth-order valence-corrected chi connectivity index (χ4v) is 3.39. The van der Waals surface area contributed by atoms with E-state index in [4.69, 9.17) is 9.47 Å². The largest absolute Gasteiger partial charge is 0.497 e. The van der Waals surface area contributed by atoms with E-state index in [0.717, 1.165) is 23.4 Å². The number of aromatic nitrogens is 2. The van der Waals surface area contributed by atoms with Gasteiger partial charge in [0.25, 0.3) is 0 Å². The minimum Gasteiger partial charge on any atom is -0.497 e. The van der Waals surface area contributed by atoms with Crippen molar-refractivity contribution in [1.29, 1.82) is 0 Å². The summed E-state index contributed by atoms with van der Waals surface area (Å²) >= 11 is 0. The molecule has 1 unspecified atom stereocenters. The Labute approximate surface area is 203 Å². The molecule has 184 valence electrons. The van der Waals surface area contributed by atoms with Gasteiger partial charge in [0, 0.05) is 12.5 Å². The molecule has 1 N–H and O–H groups in total. The Balaban J connectivity index is 1.54. The minimum atomic E-state index is -4.40. The van der Waals surface area contributed by atoms with Gasteiger partial charge in [0.05, 0.1) is 18.3 Å². The van der Waals surface area contributed by atoms with Crippen LogP contribution in [0.5, 0.6) is 11.6 Å². The SMILES string of the molecule is COc1ccc(COc2cc(C#CCCCC(C)(O)c3ccc(C(F)(F)F)cc3)nc(C)n2)cc1. The number of hydrogen-bond acceptors (Lipinski definition) is 5. The number of rotatable bonds is 8. The Kier molecular flexibility index (Phi) is 8.36. The van der Waals surface area contributed by atoms with E-state index in [1.807, 2.05) is 24.3 Å². The predicted octanol–water partition coefficient (Wildman–Crippen LogP) is 5.82. The Morgan fingerprint density at radius 3 is 2.26 bits per heavy atom. The van der Waals surface area contributed by atoms with E-state index in [0.29, 0.717) is 48.8 Å². The number of nitrogens with zero attached hydrogens (tertiary/aromatic N) is 2. The molecule has 0 radical (unpaired) electrons. The molecule has 1 atom stereocenters. The number of hydrogen-bond donors (Lipinski definition) is 1. The molecule has 3 rings (SSSR count). The predicted molar refractivity (Wildman–Crippen MR) is 126 cm³/mol. The molecule has 0 spiro atoms. The average Bonchev–Trinajstić information content (AvgIpc) is 2.82. The third-order valence-corrected chi connectivity index (χ3v) is 5.38. The van der Waals surface area contributed by atoms with Gasteiger partial charge in [0.2, 0.25) is 5.88 Å². The molecule has 3 aromatic rings. The second kappa shape index (κ2) is 11.2. The molecule has 5 nitrogen and oxygen atoms in total. The smallest absolute Gasteiger partial charge is 0.416 e. The third kappa shape index (κ3) is 7.72. The monoisotopic (exact) mass is 484 g/mol. The maximum absolute atomic E-state index is 12.7. The first-order valence-electron chi connectivity index (χ1n) is 11.1. The zero-order valence-electron chi connectivity index (χ0n) is 19.8. The van der Waals surface area contributed by atoms with Gasteiger partial charge in [-0.15, -0.1) is 0 Å². The van der Waals surface area contributed by atoms with E-state index in [1.165, 1.54) is 12.1 Å². The first-order chi connectivity index (χ1) is 16.6. The van der Waals surface area contributed by atoms with Crippen LogP contribution in [-0.2, 0) is 18.4 Å². The molecule has 0 saturated carbocycles. The molecule has 35 heavy (non-hydrogen) atoms. The van der Waals surface area contributed by atoms with Gasteiger partial charge >= 0.3 is 6.18 Å². The van der Waals surface area contributed by atoms with Crippen LogP contribution in [0.3, 0.4) is 0 Å². The van der Waals surface area contributed by atoms with Crippen molar-refractivity contribution in [3.63, 3.8) is 0 Å². The molecular formula is C27H27F3N2O3. The highest BCUT2D eigenvalue weighted by Crippen LogP contribution is 2.32. The van der Waals surface area contributed by atoms with E-state index < -0.39 is 17.3 Å². The molecular weight excluding hydrogens is 457 g/mol. The van der Waals surface area contributed by atoms with Gasteiger partial charge in [-0.05, 0) is 68.0 Å². The molecule has 8 heteroatoms. The van der Waals surface area contributed by atoms with Crippen LogP contribution in [0, 0.1) is 18.8 Å². The standard InChI is InChI=1S/C27H27F3N2O3/c1-19-31-23(17-25(32-19)35-18-20-8-14-24(34-3)15-9-20)7-5-4-6-16-26(2,33)21-10-12-22(13-11-21)27(28,29)30/h8-15,17,33H,4,6,16,18H2,1-3H3. The Morgan fingerprint density at radius 1 is 0.971 bits per heavy atom. The first-order valence-corrected chi connectivity index (χ1v) is 11.1. The topological polar surface area (TPSA) is 64.5 Å². The van der Waals surface area contributed by atoms with Gasteiger partial charge in [-0.2, -0.15) is 18.2 Å². The zero-order valence-corrected chi connectivity index (χ0v) is 19.8. The van der Waals surface area contributed by atoms with Crippen LogP contribution in [0.4, 0.5) is 13.2 Å². The van der Waals surface area contributed by atoms with Crippen molar-refractivity contribution in [1.82, 2.24) is 9.97 Å². The highest BCUT2D eigenvalue weighted by atomic mass is 19.4. The summed E-state index contributed by atoms with van der Waals surface area (Å²) in [5, 5.41) is 10.7. The average molecular weight is 485 g/mol. The maximum Gasteiger partial charge on any atom is 0.416 e. The summed E-state index contributed by atoms with van der Waals surface area (Å²) in [6.45, 7) is 3.68. The van der Waals surface area contributed by atoms with Crippen LogP contribution in [-0.4, -0.2) is 22.2 Å². The summed E-state index contributed by atoms with van der Waals surface area (Å²) in [6.07, 6.45) is -3.00. The number of halogens is 3. The Bertz CT molecular complexity index is 1180. The molecule has 0 aliphatic carbocycles. The molecule has 0 fully saturated rings. The number of benzene rings is 2. The van der Waals surface area contributed by atoms with Crippen LogP contribution < -0.4 is 9.47 Å². The lowest BCUT2D eigenvalue weighted by atomic mass is 9.90. The number of aryl methyl sites for hydroxylation is 1. The van der Waals surface area contributed by atoms with Gasteiger partial charge in [-0.1, -0.05) is 30.2 Å². The fourth-order valence-electron chi connectivity index (χ4n) is 3.39. The van der Waals surface area contributed by atoms with Crippen molar-refractivity contribution in [2.45, 2.75) is 51.5 Å². The van der Waals surface area contributed by atoms with Crippen LogP contribution in [0.15, 0.2) is 54.6 Å². The summed E-state index contributed by atoms with van der Waals surface area (Å²) in [5.74, 6) is 7.73. The first kappa shape index (κ1) is 26.0. The van der Waals surface area contributed by atoms with E-state index in [2.05, 4.69) is 21.8 Å². The molecule has 0 aliphatic rings. The molecule has 0 aliphatic heterocycles. The van der Waals surface area contributed by atoms with E-state index >= 15 is 0 Å². The van der Waals surface area contributed by atoms with Crippen LogP contribution >= 0.6 is 0 Å². The third-order valence-electron chi connectivity index (χ3n) is 5.38. The number of ether oxygens (including phenoxy) is 2. The lowest BCUT2D eigenvalue weighted by Gasteiger charge is -2.24. The maximum atomic E-state index is 12.7. The molecule has 2 aromatic carbocycles. The van der Waals surface area contributed by atoms with Crippen molar-refractivity contribution in [2.24, 2.45) is 0 Å². The van der Waals surface area contributed by atoms with Gasteiger partial charge in [0.1, 0.15) is 23.9 Å². The Morgan fingerprint density at radius 2 is 1.63 bits per heavy atom. The van der Waals surface area contributed by atoms with Gasteiger partial charge in [-0.3, -0.25) is 0 Å². The fraction of sp³-hybridized carbons (Fsp3) is 0.333. The summed E-state index contributed by atoms with van der Waals surface area (Å²) in [5.41, 5.74) is -0.0646. The van der Waals surface area contributed by atoms with Gasteiger partial charge < -0.3 is 14.6 Å². The molecule has 1 heterocycles. The summed E-state index contributed by atoms with van der Waals surface area (Å²) < 4.78 is 49.1. The van der Waals surface area contributed by atoms with Crippen molar-refractivity contribution in [2.75, 3.05) is 7.11 Å². The second-order valence-corrected chi connectivity index (χ2v) is 8.28. The molecule has 0 bridgehead atoms. The highest BCUT2D eigenvalue weighted by molar-refractivity contribution is 5.32. The van der Waals surface area contributed by atoms with Crippen LogP contribution in [0.25, 0.3) is 0 Å². The number of methoxy groups -OCH3 is 1. The lowest BCUT2D eigenvalue weighted by molar-refractivity contribution is -0.137. The van der Waals surface area contributed by atoms with Gasteiger partial charge in [-0.25, -0.2) is 4.98 Å². The van der Waals surface area contributed by atoms with Gasteiger partial charge in [0.15, 0.2) is 0 Å². The summed E-state index contributed by atoms with van der Waals surface area (Å²) in [6, 6.07) is 13.8. The number of aliphatic hydroxyl groups is 1. The van der Waals surface area contributed by atoms with Crippen molar-refractivity contribution in [3.8, 4) is 23.5 Å².